The molecular weight excluding hydrogens is 479 g/mol. The number of alkyl halides is 1. The Bertz CT molecular complexity index is 580. The van der Waals surface area contributed by atoms with Gasteiger partial charge < -0.3 is 28.8 Å². The van der Waals surface area contributed by atoms with Gasteiger partial charge >= 0.3 is 23.9 Å². The van der Waals surface area contributed by atoms with Crippen molar-refractivity contribution < 1.29 is 48.0 Å². The number of hydrogen-bond acceptors (Lipinski definition) is 10. The highest BCUT2D eigenvalue weighted by molar-refractivity contribution is 14.1. The molecule has 0 spiro atoms. The highest BCUT2D eigenvalue weighted by Crippen LogP contribution is 2.39. The van der Waals surface area contributed by atoms with Crippen molar-refractivity contribution in [2.24, 2.45) is 0 Å². The maximum Gasteiger partial charge on any atom is 0.303 e. The van der Waals surface area contributed by atoms with Crippen molar-refractivity contribution in [2.45, 2.75) is 64.3 Å². The molecule has 0 aliphatic carbocycles. The van der Waals surface area contributed by atoms with Gasteiger partial charge in [-0.3, -0.25) is 19.2 Å². The van der Waals surface area contributed by atoms with Crippen LogP contribution in [-0.2, 0) is 42.9 Å². The zero-order valence-electron chi connectivity index (χ0n) is 15.4. The molecule has 1 aliphatic heterocycles. The molecule has 0 aromatic heterocycles. The number of hydrogen-bond donors (Lipinski definition) is 1. The van der Waals surface area contributed by atoms with Gasteiger partial charge in [0.15, 0.2) is 18.5 Å². The van der Waals surface area contributed by atoms with E-state index in [2.05, 4.69) is 0 Å². The minimum atomic E-state index is -1.80. The Morgan fingerprint density at radius 3 is 2.04 bits per heavy atom. The Balaban J connectivity index is 3.40. The molecule has 0 radical (unpaired) electrons. The van der Waals surface area contributed by atoms with Crippen LogP contribution in [0, 0.1) is 0 Å². The van der Waals surface area contributed by atoms with E-state index in [4.69, 9.17) is 23.7 Å². The Kier molecular flexibility index (Phi) is 8.88. The number of halogens is 1. The summed E-state index contributed by atoms with van der Waals surface area (Å²) < 4.78 is 26.6. The summed E-state index contributed by atoms with van der Waals surface area (Å²) in [5.41, 5.74) is -1.80. The first-order valence-electron chi connectivity index (χ1n) is 8.10. The fourth-order valence-electron chi connectivity index (χ4n) is 2.82. The first-order valence-corrected chi connectivity index (χ1v) is 9.63. The standard InChI is InChI=1S/C16H23IO10/c1-8(18)23-7-12-13(24-9(2)19)14(25-10(3)20)16(5-6-17,15(22)26-12)27-11(4)21/h12-15,22H,5-7H2,1-4H3/t12-,13-,14+,15-,16-/m1/s1. The van der Waals surface area contributed by atoms with Crippen LogP contribution in [0.15, 0.2) is 0 Å². The molecule has 1 N–H and O–H groups in total. The SMILES string of the molecule is CC(=O)OC[C@H]1O[C@@H](O)[C@](CCI)(OC(C)=O)[C@@H](OC(C)=O)[C@@H]1OC(C)=O. The largest absolute Gasteiger partial charge is 0.463 e. The highest BCUT2D eigenvalue weighted by atomic mass is 127. The molecule has 1 rings (SSSR count). The van der Waals surface area contributed by atoms with Crippen LogP contribution in [0.25, 0.3) is 0 Å². The van der Waals surface area contributed by atoms with Crippen LogP contribution in [0.3, 0.4) is 0 Å². The zero-order valence-corrected chi connectivity index (χ0v) is 17.6. The first-order chi connectivity index (χ1) is 12.5. The summed E-state index contributed by atoms with van der Waals surface area (Å²) in [5.74, 6) is -2.85. The molecule has 1 aliphatic rings. The smallest absolute Gasteiger partial charge is 0.303 e. The van der Waals surface area contributed by atoms with Gasteiger partial charge in [0.2, 0.25) is 5.60 Å². The molecule has 1 saturated heterocycles. The van der Waals surface area contributed by atoms with Crippen molar-refractivity contribution in [1.29, 1.82) is 0 Å². The number of rotatable bonds is 7. The van der Waals surface area contributed by atoms with Crippen LogP contribution in [0.4, 0.5) is 0 Å². The van der Waals surface area contributed by atoms with Gasteiger partial charge in [-0.05, 0) is 0 Å². The molecule has 0 saturated carbocycles. The van der Waals surface area contributed by atoms with Gasteiger partial charge in [0.05, 0.1) is 0 Å². The molecule has 27 heavy (non-hydrogen) atoms. The second-order valence-corrected chi connectivity index (χ2v) is 7.00. The number of aliphatic hydroxyl groups excluding tert-OH is 1. The summed E-state index contributed by atoms with van der Waals surface area (Å²) in [5, 5.41) is 10.6. The lowest BCUT2D eigenvalue weighted by molar-refractivity contribution is -0.334. The maximum absolute atomic E-state index is 11.7. The molecule has 0 aromatic rings. The van der Waals surface area contributed by atoms with Crippen molar-refractivity contribution in [3.63, 3.8) is 0 Å². The van der Waals surface area contributed by atoms with E-state index in [1.807, 2.05) is 22.6 Å². The maximum atomic E-state index is 11.7. The van der Waals surface area contributed by atoms with E-state index in [-0.39, 0.29) is 13.0 Å². The molecule has 10 nitrogen and oxygen atoms in total. The third-order valence-corrected chi connectivity index (χ3v) is 4.27. The summed E-state index contributed by atoms with van der Waals surface area (Å²) >= 11 is 1.99. The molecule has 154 valence electrons. The van der Waals surface area contributed by atoms with Gasteiger partial charge in [0.25, 0.3) is 0 Å². The Labute approximate surface area is 169 Å². The van der Waals surface area contributed by atoms with E-state index in [0.29, 0.717) is 4.43 Å². The van der Waals surface area contributed by atoms with E-state index in [1.165, 1.54) is 6.92 Å². The number of ether oxygens (including phenoxy) is 5. The average molecular weight is 502 g/mol. The van der Waals surface area contributed by atoms with Gasteiger partial charge in [0, 0.05) is 38.5 Å². The van der Waals surface area contributed by atoms with Crippen LogP contribution in [0.2, 0.25) is 0 Å². The lowest BCUT2D eigenvalue weighted by Gasteiger charge is -2.50. The van der Waals surface area contributed by atoms with Gasteiger partial charge in [-0.1, -0.05) is 22.6 Å². The topological polar surface area (TPSA) is 135 Å². The summed E-state index contributed by atoms with van der Waals surface area (Å²) in [6, 6.07) is 0. The second kappa shape index (κ2) is 10.2. The zero-order chi connectivity index (χ0) is 20.8. The van der Waals surface area contributed by atoms with Gasteiger partial charge in [-0.15, -0.1) is 0 Å². The molecule has 11 heteroatoms. The monoisotopic (exact) mass is 502 g/mol. The molecule has 0 bridgehead atoms. The second-order valence-electron chi connectivity index (χ2n) is 5.92. The molecule has 1 heterocycles. The molecular formula is C16H23IO10. The van der Waals surface area contributed by atoms with Crippen LogP contribution >= 0.6 is 22.6 Å². The van der Waals surface area contributed by atoms with Gasteiger partial charge in [-0.2, -0.15) is 0 Å². The van der Waals surface area contributed by atoms with Gasteiger partial charge in [0.1, 0.15) is 12.7 Å². The highest BCUT2D eigenvalue weighted by Gasteiger charge is 2.61. The van der Waals surface area contributed by atoms with Crippen molar-refractivity contribution in [3.8, 4) is 0 Å². The molecule has 1 fully saturated rings. The summed E-state index contributed by atoms with van der Waals surface area (Å²) in [7, 11) is 0. The van der Waals surface area contributed by atoms with E-state index in [0.717, 1.165) is 20.8 Å². The third kappa shape index (κ3) is 6.28. The van der Waals surface area contributed by atoms with Gasteiger partial charge in [-0.25, -0.2) is 0 Å². The van der Waals surface area contributed by atoms with Crippen molar-refractivity contribution in [2.75, 3.05) is 11.0 Å². The van der Waals surface area contributed by atoms with Crippen molar-refractivity contribution >= 4 is 46.5 Å². The fourth-order valence-corrected chi connectivity index (χ4v) is 3.66. The lowest BCUT2D eigenvalue weighted by Crippen LogP contribution is -2.70. The quantitative estimate of drug-likeness (QED) is 0.224. The van der Waals surface area contributed by atoms with E-state index in [9.17, 15) is 24.3 Å². The molecule has 0 amide bonds. The van der Waals surface area contributed by atoms with E-state index < -0.39 is 54.1 Å². The number of carbonyl (C=O) groups excluding carboxylic acids is 4. The molecule has 0 aromatic carbocycles. The van der Waals surface area contributed by atoms with Crippen molar-refractivity contribution in [1.82, 2.24) is 0 Å². The summed E-state index contributed by atoms with van der Waals surface area (Å²) in [4.78, 5) is 46.1. The van der Waals surface area contributed by atoms with E-state index >= 15 is 0 Å². The number of carbonyl (C=O) groups is 4. The minimum absolute atomic E-state index is 0.0459. The molecule has 0 unspecified atom stereocenters. The Morgan fingerprint density at radius 2 is 1.59 bits per heavy atom. The minimum Gasteiger partial charge on any atom is -0.463 e. The third-order valence-electron chi connectivity index (χ3n) is 3.73. The fraction of sp³-hybridized carbons (Fsp3) is 0.750. The predicted octanol–water partition coefficient (Wildman–Crippen LogP) is 0.257. The first kappa shape index (κ1) is 23.6. The van der Waals surface area contributed by atoms with Crippen LogP contribution < -0.4 is 0 Å². The number of aliphatic hydroxyl groups is 1. The van der Waals surface area contributed by atoms with Crippen LogP contribution in [0.5, 0.6) is 0 Å². The number of esters is 4. The lowest BCUT2D eigenvalue weighted by atomic mass is 9.83. The summed E-state index contributed by atoms with van der Waals surface area (Å²) in [6.07, 6.45) is -5.47. The Hall–Kier alpha value is -1.47. The normalized spacial score (nSPS) is 30.1. The van der Waals surface area contributed by atoms with Crippen molar-refractivity contribution in [3.05, 3.63) is 0 Å². The van der Waals surface area contributed by atoms with E-state index in [1.54, 1.807) is 0 Å². The van der Waals surface area contributed by atoms with Crippen LogP contribution in [-0.4, -0.2) is 70.2 Å². The van der Waals surface area contributed by atoms with Crippen LogP contribution in [0.1, 0.15) is 34.1 Å². The Morgan fingerprint density at radius 1 is 1.00 bits per heavy atom. The summed E-state index contributed by atoms with van der Waals surface area (Å²) in [6.45, 7) is 4.17. The molecule has 5 atom stereocenters. The average Bonchev–Trinajstić information content (AvgIpc) is 2.51. The predicted molar refractivity (Wildman–Crippen MR) is 96.6 cm³/mol.